The molecule has 0 radical (unpaired) electrons. The Morgan fingerprint density at radius 1 is 0.957 bits per heavy atom. The predicted molar refractivity (Wildman–Crippen MR) is 92.1 cm³/mol. The molecule has 114 valence electrons. The normalized spacial score (nSPS) is 18.0. The highest BCUT2D eigenvalue weighted by molar-refractivity contribution is 6.01. The van der Waals surface area contributed by atoms with Gasteiger partial charge >= 0.3 is 0 Å². The van der Waals surface area contributed by atoms with E-state index in [1.165, 1.54) is 0 Å². The van der Waals surface area contributed by atoms with E-state index < -0.39 is 6.10 Å². The van der Waals surface area contributed by atoms with Gasteiger partial charge in [-0.3, -0.25) is 4.99 Å². The van der Waals surface area contributed by atoms with Crippen LogP contribution in [0.25, 0.3) is 0 Å². The monoisotopic (exact) mass is 302 g/mol. The molecule has 1 atom stereocenters. The van der Waals surface area contributed by atoms with E-state index >= 15 is 0 Å². The second kappa shape index (κ2) is 5.86. The van der Waals surface area contributed by atoms with E-state index in [9.17, 15) is 5.11 Å². The van der Waals surface area contributed by atoms with Crippen LogP contribution in [0.15, 0.2) is 89.1 Å². The molecule has 1 N–H and O–H groups in total. The zero-order chi connectivity index (χ0) is 15.6. The third kappa shape index (κ3) is 2.60. The van der Waals surface area contributed by atoms with Crippen molar-refractivity contribution in [3.05, 3.63) is 95.2 Å². The van der Waals surface area contributed by atoms with Crippen LogP contribution < -0.4 is 0 Å². The van der Waals surface area contributed by atoms with Gasteiger partial charge in [-0.1, -0.05) is 66.7 Å². The van der Waals surface area contributed by atoms with Gasteiger partial charge in [0.05, 0.1) is 6.54 Å². The van der Waals surface area contributed by atoms with Crippen LogP contribution in [0, 0.1) is 0 Å². The molecule has 2 aromatic carbocycles. The fourth-order valence-corrected chi connectivity index (χ4v) is 3.09. The van der Waals surface area contributed by atoms with Gasteiger partial charge in [-0.25, -0.2) is 0 Å². The molecule has 23 heavy (non-hydrogen) atoms. The summed E-state index contributed by atoms with van der Waals surface area (Å²) in [7, 11) is 0. The van der Waals surface area contributed by atoms with Gasteiger partial charge in [-0.15, -0.1) is 0 Å². The maximum atomic E-state index is 10.6. The van der Waals surface area contributed by atoms with E-state index in [4.69, 9.17) is 0 Å². The second-order valence-electron chi connectivity index (χ2n) is 5.77. The summed E-state index contributed by atoms with van der Waals surface area (Å²) in [6.45, 7) is 1.42. The number of fused-ring (bicyclic) bond motifs is 1. The molecule has 0 bridgehead atoms. The number of aliphatic hydroxyl groups excluding tert-OH is 1. The van der Waals surface area contributed by atoms with Crippen molar-refractivity contribution in [2.45, 2.75) is 6.10 Å². The number of benzene rings is 2. The van der Waals surface area contributed by atoms with Gasteiger partial charge in [0.2, 0.25) is 0 Å². The summed E-state index contributed by atoms with van der Waals surface area (Å²) in [4.78, 5) is 6.90. The predicted octanol–water partition coefficient (Wildman–Crippen LogP) is 3.31. The first-order valence-electron chi connectivity index (χ1n) is 7.84. The van der Waals surface area contributed by atoms with Crippen LogP contribution in [-0.4, -0.2) is 28.9 Å². The first kappa shape index (κ1) is 14.0. The third-order valence-electron chi connectivity index (χ3n) is 4.30. The molecular formula is C20H18N2O. The minimum absolute atomic E-state index is 0.577. The molecule has 4 rings (SSSR count). The lowest BCUT2D eigenvalue weighted by Gasteiger charge is -2.26. The zero-order valence-corrected chi connectivity index (χ0v) is 12.8. The van der Waals surface area contributed by atoms with E-state index in [0.717, 1.165) is 34.8 Å². The Morgan fingerprint density at radius 2 is 1.65 bits per heavy atom. The summed E-state index contributed by atoms with van der Waals surface area (Å²) in [5.41, 5.74) is 4.16. The highest BCUT2D eigenvalue weighted by atomic mass is 16.3. The van der Waals surface area contributed by atoms with Crippen LogP contribution in [0.1, 0.15) is 17.2 Å². The molecule has 0 aromatic heterocycles. The van der Waals surface area contributed by atoms with Gasteiger partial charge in [-0.2, -0.15) is 0 Å². The minimum Gasteiger partial charge on any atom is -0.384 e. The number of amidine groups is 1. The highest BCUT2D eigenvalue weighted by Crippen LogP contribution is 2.30. The number of nitrogens with zero attached hydrogens (tertiary/aromatic N) is 2. The molecule has 0 fully saturated rings. The highest BCUT2D eigenvalue weighted by Gasteiger charge is 2.26. The van der Waals surface area contributed by atoms with Gasteiger partial charge in [0.15, 0.2) is 0 Å². The Bertz CT molecular complexity index is 791. The van der Waals surface area contributed by atoms with Crippen LogP contribution >= 0.6 is 0 Å². The first-order valence-corrected chi connectivity index (χ1v) is 7.84. The summed E-state index contributed by atoms with van der Waals surface area (Å²) >= 11 is 0. The van der Waals surface area contributed by atoms with E-state index in [0.29, 0.717) is 6.54 Å². The Morgan fingerprint density at radius 3 is 2.39 bits per heavy atom. The van der Waals surface area contributed by atoms with Crippen LogP contribution in [0.3, 0.4) is 0 Å². The number of aliphatic hydroxyl groups is 1. The smallest absolute Gasteiger partial charge is 0.135 e. The Balaban J connectivity index is 1.57. The molecule has 2 aliphatic rings. The van der Waals surface area contributed by atoms with Gasteiger partial charge in [-0.05, 0) is 17.2 Å². The molecule has 3 heteroatoms. The van der Waals surface area contributed by atoms with Crippen molar-refractivity contribution in [1.82, 2.24) is 4.90 Å². The van der Waals surface area contributed by atoms with Crippen LogP contribution in [0.4, 0.5) is 0 Å². The third-order valence-corrected chi connectivity index (χ3v) is 4.30. The van der Waals surface area contributed by atoms with E-state index in [-0.39, 0.29) is 0 Å². The number of aliphatic imine (C=N–C) groups is 1. The lowest BCUT2D eigenvalue weighted by Crippen LogP contribution is -2.29. The Hall–Kier alpha value is -2.65. The van der Waals surface area contributed by atoms with Crippen molar-refractivity contribution in [3.8, 4) is 0 Å². The quantitative estimate of drug-likeness (QED) is 0.944. The summed E-state index contributed by atoms with van der Waals surface area (Å²) in [5, 5.41) is 10.6. The number of hydrogen-bond acceptors (Lipinski definition) is 3. The first-order chi connectivity index (χ1) is 11.3. The molecule has 1 unspecified atom stereocenters. The van der Waals surface area contributed by atoms with E-state index in [1.807, 2.05) is 48.5 Å². The van der Waals surface area contributed by atoms with Crippen molar-refractivity contribution in [2.24, 2.45) is 4.99 Å². The molecule has 2 aliphatic heterocycles. The largest absolute Gasteiger partial charge is 0.384 e. The lowest BCUT2D eigenvalue weighted by atomic mass is 9.98. The fraction of sp³-hybridized carbons (Fsp3) is 0.150. The van der Waals surface area contributed by atoms with Crippen LogP contribution in [0.2, 0.25) is 0 Å². The molecule has 0 amide bonds. The standard InChI is InChI=1S/C20H18N2O/c23-19(15-7-3-1-4-8-15)17-11-12-22-18(13-17)14-21-20(22)16-9-5-2-6-10-16/h1-11,13,19,23H,12,14H2. The average Bonchev–Trinajstić information content (AvgIpc) is 3.06. The Labute approximate surface area is 135 Å². The van der Waals surface area contributed by atoms with E-state index in [1.54, 1.807) is 0 Å². The molecule has 0 aliphatic carbocycles. The molecule has 2 heterocycles. The van der Waals surface area contributed by atoms with Crippen molar-refractivity contribution in [3.63, 3.8) is 0 Å². The van der Waals surface area contributed by atoms with Gasteiger partial charge < -0.3 is 10.0 Å². The van der Waals surface area contributed by atoms with E-state index in [2.05, 4.69) is 34.2 Å². The average molecular weight is 302 g/mol. The minimum atomic E-state index is -0.577. The number of hydrogen-bond donors (Lipinski definition) is 1. The van der Waals surface area contributed by atoms with Gasteiger partial charge in [0, 0.05) is 17.8 Å². The summed E-state index contributed by atoms with van der Waals surface area (Å²) < 4.78 is 0. The lowest BCUT2D eigenvalue weighted by molar-refractivity contribution is 0.218. The zero-order valence-electron chi connectivity index (χ0n) is 12.8. The van der Waals surface area contributed by atoms with Crippen LogP contribution in [-0.2, 0) is 0 Å². The Kier molecular flexibility index (Phi) is 3.56. The molecule has 0 saturated heterocycles. The summed E-state index contributed by atoms with van der Waals surface area (Å²) in [6.07, 6.45) is 3.58. The number of rotatable bonds is 3. The molecule has 2 aromatic rings. The fourth-order valence-electron chi connectivity index (χ4n) is 3.09. The molecule has 3 nitrogen and oxygen atoms in total. The van der Waals surface area contributed by atoms with Gasteiger partial charge in [0.1, 0.15) is 11.9 Å². The molecule has 0 spiro atoms. The summed E-state index contributed by atoms with van der Waals surface area (Å²) in [5.74, 6) is 1.02. The van der Waals surface area contributed by atoms with Crippen molar-refractivity contribution < 1.29 is 5.11 Å². The van der Waals surface area contributed by atoms with Crippen molar-refractivity contribution in [2.75, 3.05) is 13.1 Å². The van der Waals surface area contributed by atoms with Crippen molar-refractivity contribution >= 4 is 5.84 Å². The maximum absolute atomic E-state index is 10.6. The maximum Gasteiger partial charge on any atom is 0.135 e. The topological polar surface area (TPSA) is 35.8 Å². The molecule has 0 saturated carbocycles. The van der Waals surface area contributed by atoms with Crippen molar-refractivity contribution in [1.29, 1.82) is 0 Å². The SMILES string of the molecule is OC(C1=CCN2C(=C1)CN=C2c1ccccc1)c1ccccc1. The van der Waals surface area contributed by atoms with Crippen LogP contribution in [0.5, 0.6) is 0 Å². The summed E-state index contributed by atoms with van der Waals surface area (Å²) in [6, 6.07) is 20.0. The van der Waals surface area contributed by atoms with Gasteiger partial charge in [0.25, 0.3) is 0 Å². The second-order valence-corrected chi connectivity index (χ2v) is 5.77. The molecular weight excluding hydrogens is 284 g/mol.